The number of hydrogen-bond donors (Lipinski definition) is 1. The molecule has 2 fully saturated rings. The van der Waals surface area contributed by atoms with E-state index < -0.39 is 0 Å². The number of hydrogen-bond acceptors (Lipinski definition) is 3. The lowest BCUT2D eigenvalue weighted by Gasteiger charge is -2.28. The Morgan fingerprint density at radius 2 is 2.12 bits per heavy atom. The van der Waals surface area contributed by atoms with Crippen LogP contribution in [0.15, 0.2) is 6.33 Å². The molecule has 1 aromatic heterocycles. The van der Waals surface area contributed by atoms with Crippen LogP contribution in [-0.4, -0.2) is 26.8 Å². The molecule has 1 aromatic rings. The molecule has 0 radical (unpaired) electrons. The quantitative estimate of drug-likeness (QED) is 0.836. The van der Waals surface area contributed by atoms with Gasteiger partial charge >= 0.3 is 0 Å². The number of aromatic nitrogens is 3. The molecule has 3 rings (SSSR count). The number of aryl methyl sites for hydroxylation is 1. The zero-order valence-electron chi connectivity index (χ0n) is 9.89. The van der Waals surface area contributed by atoms with Crippen LogP contribution >= 0.6 is 0 Å². The Morgan fingerprint density at radius 1 is 1.38 bits per heavy atom. The van der Waals surface area contributed by atoms with Crippen LogP contribution in [0.5, 0.6) is 0 Å². The van der Waals surface area contributed by atoms with Gasteiger partial charge in [0.05, 0.1) is 0 Å². The standard InChI is InChI=1S/C12H20N4/c1-2-16-12(13-8-14-16)7-9-5-10-3-4-11(6-9)15-10/h8-11,15H,2-7H2,1H3. The molecule has 2 atom stereocenters. The van der Waals surface area contributed by atoms with E-state index in [4.69, 9.17) is 0 Å². The van der Waals surface area contributed by atoms with Crippen LogP contribution in [0, 0.1) is 5.92 Å². The van der Waals surface area contributed by atoms with Crippen molar-refractivity contribution in [2.24, 2.45) is 5.92 Å². The molecule has 2 unspecified atom stereocenters. The second-order valence-electron chi connectivity index (χ2n) is 5.17. The molecule has 0 amide bonds. The van der Waals surface area contributed by atoms with Gasteiger partial charge in [-0.1, -0.05) is 0 Å². The number of fused-ring (bicyclic) bond motifs is 2. The number of nitrogens with one attached hydrogen (secondary N) is 1. The van der Waals surface area contributed by atoms with Gasteiger partial charge in [0.2, 0.25) is 0 Å². The zero-order valence-corrected chi connectivity index (χ0v) is 9.89. The highest BCUT2D eigenvalue weighted by Gasteiger charge is 2.33. The van der Waals surface area contributed by atoms with Gasteiger partial charge < -0.3 is 5.32 Å². The van der Waals surface area contributed by atoms with Crippen LogP contribution in [0.2, 0.25) is 0 Å². The Morgan fingerprint density at radius 3 is 2.81 bits per heavy atom. The molecule has 88 valence electrons. The summed E-state index contributed by atoms with van der Waals surface area (Å²) in [5.74, 6) is 1.99. The van der Waals surface area contributed by atoms with Gasteiger partial charge in [-0.05, 0) is 38.5 Å². The van der Waals surface area contributed by atoms with Crippen molar-refractivity contribution in [1.82, 2.24) is 20.1 Å². The smallest absolute Gasteiger partial charge is 0.138 e. The van der Waals surface area contributed by atoms with Crippen LogP contribution in [-0.2, 0) is 13.0 Å². The maximum atomic E-state index is 4.38. The highest BCUT2D eigenvalue weighted by Crippen LogP contribution is 2.32. The fourth-order valence-corrected chi connectivity index (χ4v) is 3.31. The largest absolute Gasteiger partial charge is 0.311 e. The van der Waals surface area contributed by atoms with Crippen molar-refractivity contribution in [2.45, 2.75) is 57.7 Å². The molecule has 0 aliphatic carbocycles. The molecule has 4 nitrogen and oxygen atoms in total. The first kappa shape index (κ1) is 10.3. The summed E-state index contributed by atoms with van der Waals surface area (Å²) in [6.07, 6.45) is 8.21. The van der Waals surface area contributed by atoms with E-state index in [1.165, 1.54) is 31.5 Å². The van der Waals surface area contributed by atoms with E-state index in [2.05, 4.69) is 22.3 Å². The molecular formula is C12H20N4. The van der Waals surface area contributed by atoms with Gasteiger partial charge in [0.25, 0.3) is 0 Å². The lowest BCUT2D eigenvalue weighted by Crippen LogP contribution is -2.38. The molecule has 3 heterocycles. The number of piperidine rings is 1. The fourth-order valence-electron chi connectivity index (χ4n) is 3.31. The Hall–Kier alpha value is -0.900. The Bertz CT molecular complexity index is 348. The van der Waals surface area contributed by atoms with Crippen LogP contribution in [0.3, 0.4) is 0 Å². The summed E-state index contributed by atoms with van der Waals surface area (Å²) >= 11 is 0. The van der Waals surface area contributed by atoms with Crippen LogP contribution < -0.4 is 5.32 Å². The normalized spacial score (nSPS) is 33.2. The second kappa shape index (κ2) is 4.17. The molecule has 0 aromatic carbocycles. The minimum atomic E-state index is 0.779. The van der Waals surface area contributed by atoms with E-state index in [1.54, 1.807) is 6.33 Å². The van der Waals surface area contributed by atoms with E-state index in [1.807, 2.05) is 4.68 Å². The summed E-state index contributed by atoms with van der Waals surface area (Å²) in [6.45, 7) is 3.07. The van der Waals surface area contributed by atoms with Gasteiger partial charge in [-0.2, -0.15) is 5.10 Å². The van der Waals surface area contributed by atoms with Gasteiger partial charge in [0, 0.05) is 25.0 Å². The number of rotatable bonds is 3. The van der Waals surface area contributed by atoms with Crippen molar-refractivity contribution in [1.29, 1.82) is 0 Å². The van der Waals surface area contributed by atoms with Crippen LogP contribution in [0.4, 0.5) is 0 Å². The van der Waals surface area contributed by atoms with Gasteiger partial charge in [-0.15, -0.1) is 0 Å². The summed E-state index contributed by atoms with van der Waals surface area (Å²) < 4.78 is 2.03. The van der Waals surface area contributed by atoms with E-state index in [9.17, 15) is 0 Å². The Labute approximate surface area is 96.4 Å². The molecule has 16 heavy (non-hydrogen) atoms. The molecule has 0 saturated carbocycles. The van der Waals surface area contributed by atoms with Crippen molar-refractivity contribution in [3.63, 3.8) is 0 Å². The first-order valence-electron chi connectivity index (χ1n) is 6.48. The zero-order chi connectivity index (χ0) is 11.0. The average molecular weight is 220 g/mol. The first-order valence-corrected chi connectivity index (χ1v) is 6.48. The van der Waals surface area contributed by atoms with E-state index in [0.717, 1.165) is 31.0 Å². The van der Waals surface area contributed by atoms with Crippen LogP contribution in [0.25, 0.3) is 0 Å². The fraction of sp³-hybridized carbons (Fsp3) is 0.833. The summed E-state index contributed by atoms with van der Waals surface area (Å²) in [5, 5.41) is 7.93. The first-order chi connectivity index (χ1) is 7.85. The second-order valence-corrected chi connectivity index (χ2v) is 5.17. The topological polar surface area (TPSA) is 42.7 Å². The van der Waals surface area contributed by atoms with Crippen molar-refractivity contribution in [3.05, 3.63) is 12.2 Å². The molecule has 1 N–H and O–H groups in total. The number of nitrogens with zero attached hydrogens (tertiary/aromatic N) is 3. The summed E-state index contributed by atoms with van der Waals surface area (Å²) in [6, 6.07) is 1.56. The van der Waals surface area contributed by atoms with Crippen LogP contribution in [0.1, 0.15) is 38.4 Å². The highest BCUT2D eigenvalue weighted by molar-refractivity contribution is 4.96. The molecule has 2 bridgehead atoms. The Balaban J connectivity index is 1.66. The molecule has 4 heteroatoms. The van der Waals surface area contributed by atoms with E-state index in [-0.39, 0.29) is 0 Å². The lowest BCUT2D eigenvalue weighted by molar-refractivity contribution is 0.292. The Kier molecular flexibility index (Phi) is 2.67. The van der Waals surface area contributed by atoms with Gasteiger partial charge in [0.1, 0.15) is 12.2 Å². The molecule has 0 spiro atoms. The van der Waals surface area contributed by atoms with Gasteiger partial charge in [-0.25, -0.2) is 4.98 Å². The third-order valence-corrected chi connectivity index (χ3v) is 4.04. The van der Waals surface area contributed by atoms with Crippen molar-refractivity contribution >= 4 is 0 Å². The summed E-state index contributed by atoms with van der Waals surface area (Å²) in [5.41, 5.74) is 0. The predicted octanol–water partition coefficient (Wildman–Crippen LogP) is 1.37. The summed E-state index contributed by atoms with van der Waals surface area (Å²) in [4.78, 5) is 4.38. The average Bonchev–Trinajstić information content (AvgIpc) is 2.85. The van der Waals surface area contributed by atoms with Gasteiger partial charge in [0.15, 0.2) is 0 Å². The highest BCUT2D eigenvalue weighted by atomic mass is 15.3. The minimum Gasteiger partial charge on any atom is -0.311 e. The third kappa shape index (κ3) is 1.86. The maximum absolute atomic E-state index is 4.38. The van der Waals surface area contributed by atoms with Gasteiger partial charge in [-0.3, -0.25) is 4.68 Å². The van der Waals surface area contributed by atoms with Crippen molar-refractivity contribution < 1.29 is 0 Å². The maximum Gasteiger partial charge on any atom is 0.138 e. The lowest BCUT2D eigenvalue weighted by atomic mass is 9.89. The molecular weight excluding hydrogens is 200 g/mol. The molecule has 2 aliphatic heterocycles. The SMILES string of the molecule is CCn1ncnc1CC1CC2CCC(C1)N2. The molecule has 2 saturated heterocycles. The third-order valence-electron chi connectivity index (χ3n) is 4.04. The molecule has 2 aliphatic rings. The summed E-state index contributed by atoms with van der Waals surface area (Å²) in [7, 11) is 0. The minimum absolute atomic E-state index is 0.779. The van der Waals surface area contributed by atoms with E-state index >= 15 is 0 Å². The van der Waals surface area contributed by atoms with Crippen molar-refractivity contribution in [2.75, 3.05) is 0 Å². The van der Waals surface area contributed by atoms with Crippen molar-refractivity contribution in [3.8, 4) is 0 Å². The predicted molar refractivity (Wildman–Crippen MR) is 62.1 cm³/mol. The monoisotopic (exact) mass is 220 g/mol. The van der Waals surface area contributed by atoms with E-state index in [0.29, 0.717) is 0 Å².